The van der Waals surface area contributed by atoms with E-state index in [2.05, 4.69) is 4.99 Å². The maximum atomic E-state index is 13.6. The average Bonchev–Trinajstić information content (AvgIpc) is 2.86. The predicted molar refractivity (Wildman–Crippen MR) is 140 cm³/mol. The van der Waals surface area contributed by atoms with Crippen molar-refractivity contribution in [3.8, 4) is 28.8 Å². The summed E-state index contributed by atoms with van der Waals surface area (Å²) < 4.78 is 13.6. The standard InChI is InChI=1S/C27H25N3O4S/c1-17-5-9-19(10-6-17)29-25(31)22(16-28-23-14-13-21(33-3)15-24(23)34-4)26(32)30(27(29)35)20-11-7-18(2)8-12-20/h5-16,31H,1-4H3. The van der Waals surface area contributed by atoms with E-state index in [1.807, 2.05) is 62.4 Å². The lowest BCUT2D eigenvalue weighted by atomic mass is 10.2. The highest BCUT2D eigenvalue weighted by Crippen LogP contribution is 2.31. The van der Waals surface area contributed by atoms with Gasteiger partial charge < -0.3 is 14.6 Å². The SMILES string of the molecule is COc1ccc(N=Cc2c(O)n(-c3ccc(C)cc3)c(=S)n(-c3ccc(C)cc3)c2=O)c(OC)c1. The van der Waals surface area contributed by atoms with Crippen LogP contribution in [0.15, 0.2) is 76.5 Å². The van der Waals surface area contributed by atoms with Gasteiger partial charge >= 0.3 is 0 Å². The molecule has 35 heavy (non-hydrogen) atoms. The van der Waals surface area contributed by atoms with Crippen LogP contribution >= 0.6 is 12.2 Å². The molecule has 0 bridgehead atoms. The number of aromatic hydroxyl groups is 1. The zero-order chi connectivity index (χ0) is 25.1. The van der Waals surface area contributed by atoms with Crippen molar-refractivity contribution < 1.29 is 14.6 Å². The minimum absolute atomic E-state index is 0.0161. The van der Waals surface area contributed by atoms with E-state index in [1.165, 1.54) is 22.5 Å². The third kappa shape index (κ3) is 4.74. The zero-order valence-electron chi connectivity index (χ0n) is 19.9. The lowest BCUT2D eigenvalue weighted by molar-refractivity contribution is 0.395. The minimum atomic E-state index is -0.490. The van der Waals surface area contributed by atoms with Crippen molar-refractivity contribution in [2.45, 2.75) is 13.8 Å². The molecule has 0 amide bonds. The Hall–Kier alpha value is -4.17. The molecule has 1 N–H and O–H groups in total. The van der Waals surface area contributed by atoms with Gasteiger partial charge in [-0.25, -0.2) is 0 Å². The lowest BCUT2D eigenvalue weighted by Gasteiger charge is -2.17. The number of hydrogen-bond donors (Lipinski definition) is 1. The first kappa shape index (κ1) is 24.0. The Morgan fingerprint density at radius 3 is 1.97 bits per heavy atom. The third-order valence-corrected chi connectivity index (χ3v) is 5.94. The number of hydrogen-bond acceptors (Lipinski definition) is 6. The van der Waals surface area contributed by atoms with Gasteiger partial charge in [-0.05, 0) is 62.5 Å². The van der Waals surface area contributed by atoms with Crippen molar-refractivity contribution in [1.29, 1.82) is 0 Å². The van der Waals surface area contributed by atoms with E-state index in [9.17, 15) is 9.90 Å². The maximum absolute atomic E-state index is 13.6. The molecule has 0 aliphatic rings. The minimum Gasteiger partial charge on any atom is -0.497 e. The normalized spacial score (nSPS) is 11.1. The molecule has 0 radical (unpaired) electrons. The van der Waals surface area contributed by atoms with Crippen molar-refractivity contribution in [2.75, 3.05) is 14.2 Å². The molecule has 1 aromatic heterocycles. The second kappa shape index (κ2) is 9.99. The molecular weight excluding hydrogens is 462 g/mol. The summed E-state index contributed by atoms with van der Waals surface area (Å²) in [6, 6.07) is 20.1. The van der Waals surface area contributed by atoms with E-state index in [1.54, 1.807) is 25.3 Å². The first-order valence-electron chi connectivity index (χ1n) is 10.8. The summed E-state index contributed by atoms with van der Waals surface area (Å²) in [7, 11) is 3.08. The molecule has 178 valence electrons. The number of methoxy groups -OCH3 is 2. The van der Waals surface area contributed by atoms with E-state index in [0.717, 1.165) is 11.1 Å². The van der Waals surface area contributed by atoms with Crippen LogP contribution in [-0.2, 0) is 0 Å². The molecule has 3 aromatic carbocycles. The molecule has 0 aliphatic carbocycles. The predicted octanol–water partition coefficient (Wildman–Crippen LogP) is 5.45. The second-order valence-electron chi connectivity index (χ2n) is 7.96. The van der Waals surface area contributed by atoms with Gasteiger partial charge in [0.25, 0.3) is 5.56 Å². The van der Waals surface area contributed by atoms with Crippen LogP contribution in [0.3, 0.4) is 0 Å². The number of aromatic nitrogens is 2. The number of aliphatic imine (C=N–C) groups is 1. The van der Waals surface area contributed by atoms with Crippen LogP contribution in [-0.4, -0.2) is 34.7 Å². The Kier molecular flexibility index (Phi) is 6.84. The Morgan fingerprint density at radius 1 is 0.857 bits per heavy atom. The molecule has 0 atom stereocenters. The van der Waals surface area contributed by atoms with E-state index in [-0.39, 0.29) is 16.2 Å². The van der Waals surface area contributed by atoms with Gasteiger partial charge in [0, 0.05) is 12.3 Å². The van der Waals surface area contributed by atoms with Gasteiger partial charge in [-0.1, -0.05) is 35.4 Å². The molecule has 8 heteroatoms. The van der Waals surface area contributed by atoms with Crippen molar-refractivity contribution in [3.05, 3.63) is 98.5 Å². The fourth-order valence-corrected chi connectivity index (χ4v) is 3.98. The topological polar surface area (TPSA) is 78.0 Å². The highest BCUT2D eigenvalue weighted by atomic mass is 32.1. The van der Waals surface area contributed by atoms with Gasteiger partial charge in [0.15, 0.2) is 4.77 Å². The molecule has 0 aliphatic heterocycles. The number of aryl methyl sites for hydroxylation is 2. The van der Waals surface area contributed by atoms with E-state index >= 15 is 0 Å². The summed E-state index contributed by atoms with van der Waals surface area (Å²) in [4.78, 5) is 18.0. The Labute approximate surface area is 208 Å². The van der Waals surface area contributed by atoms with Crippen LogP contribution < -0.4 is 15.0 Å². The number of ether oxygens (including phenoxy) is 2. The molecule has 4 aromatic rings. The van der Waals surface area contributed by atoms with Crippen LogP contribution in [0.25, 0.3) is 11.4 Å². The first-order chi connectivity index (χ1) is 16.8. The molecule has 7 nitrogen and oxygen atoms in total. The molecule has 0 saturated heterocycles. The number of benzene rings is 3. The van der Waals surface area contributed by atoms with Gasteiger partial charge in [-0.3, -0.25) is 18.9 Å². The van der Waals surface area contributed by atoms with Crippen molar-refractivity contribution >= 4 is 24.1 Å². The summed E-state index contributed by atoms with van der Waals surface area (Å²) >= 11 is 5.69. The fourth-order valence-electron chi connectivity index (χ4n) is 3.60. The maximum Gasteiger partial charge on any atom is 0.271 e. The number of rotatable bonds is 6. The van der Waals surface area contributed by atoms with Gasteiger partial charge in [0.05, 0.1) is 25.6 Å². The molecule has 4 rings (SSSR count). The largest absolute Gasteiger partial charge is 0.497 e. The Bertz CT molecular complexity index is 1520. The average molecular weight is 488 g/mol. The summed E-state index contributed by atoms with van der Waals surface area (Å²) in [5, 5.41) is 11.2. The van der Waals surface area contributed by atoms with Gasteiger partial charge in [0.2, 0.25) is 5.88 Å². The summed E-state index contributed by atoms with van der Waals surface area (Å²) in [6.45, 7) is 3.93. The van der Waals surface area contributed by atoms with Crippen molar-refractivity contribution in [1.82, 2.24) is 9.13 Å². The lowest BCUT2D eigenvalue weighted by Crippen LogP contribution is -2.27. The molecule has 0 saturated carbocycles. The van der Waals surface area contributed by atoms with Gasteiger partial charge in [-0.15, -0.1) is 0 Å². The quantitative estimate of drug-likeness (QED) is 0.289. The van der Waals surface area contributed by atoms with Crippen molar-refractivity contribution in [3.63, 3.8) is 0 Å². The van der Waals surface area contributed by atoms with E-state index < -0.39 is 5.56 Å². The monoisotopic (exact) mass is 487 g/mol. The third-order valence-electron chi connectivity index (χ3n) is 5.57. The highest BCUT2D eigenvalue weighted by Gasteiger charge is 2.18. The molecular formula is C27H25N3O4S. The summed E-state index contributed by atoms with van der Waals surface area (Å²) in [5.74, 6) is 0.770. The first-order valence-corrected chi connectivity index (χ1v) is 11.3. The molecule has 0 unspecified atom stereocenters. The Morgan fingerprint density at radius 2 is 1.43 bits per heavy atom. The van der Waals surface area contributed by atoms with Crippen LogP contribution in [0.2, 0.25) is 0 Å². The molecule has 0 spiro atoms. The molecule has 1 heterocycles. The smallest absolute Gasteiger partial charge is 0.271 e. The Balaban J connectivity index is 1.97. The van der Waals surface area contributed by atoms with Crippen LogP contribution in [0.5, 0.6) is 17.4 Å². The van der Waals surface area contributed by atoms with Crippen LogP contribution in [0.1, 0.15) is 16.7 Å². The van der Waals surface area contributed by atoms with Crippen molar-refractivity contribution in [2.24, 2.45) is 4.99 Å². The molecule has 0 fully saturated rings. The summed E-state index contributed by atoms with van der Waals surface area (Å²) in [5.41, 5.74) is 3.27. The van der Waals surface area contributed by atoms with E-state index in [4.69, 9.17) is 21.7 Å². The fraction of sp³-hybridized carbons (Fsp3) is 0.148. The van der Waals surface area contributed by atoms with Crippen LogP contribution in [0, 0.1) is 18.6 Å². The van der Waals surface area contributed by atoms with E-state index in [0.29, 0.717) is 28.6 Å². The van der Waals surface area contributed by atoms with Gasteiger partial charge in [-0.2, -0.15) is 0 Å². The second-order valence-corrected chi connectivity index (χ2v) is 8.33. The van der Waals surface area contributed by atoms with Gasteiger partial charge in [0.1, 0.15) is 22.7 Å². The summed E-state index contributed by atoms with van der Waals surface area (Å²) in [6.07, 6.45) is 1.33. The van der Waals surface area contributed by atoms with Crippen LogP contribution in [0.4, 0.5) is 5.69 Å². The highest BCUT2D eigenvalue weighted by molar-refractivity contribution is 7.71. The number of nitrogens with zero attached hydrogens (tertiary/aromatic N) is 3. The zero-order valence-corrected chi connectivity index (χ0v) is 20.7.